The van der Waals surface area contributed by atoms with Gasteiger partial charge >= 0.3 is 0 Å². The molecule has 0 spiro atoms. The second-order valence-electron chi connectivity index (χ2n) is 2.04. The highest BCUT2D eigenvalue weighted by atomic mass is 35.5. The van der Waals surface area contributed by atoms with Crippen LogP contribution in [0.25, 0.3) is 0 Å². The first kappa shape index (κ1) is 8.80. The maximum atomic E-state index is 12.8. The van der Waals surface area contributed by atoms with Crippen molar-refractivity contribution in [1.82, 2.24) is 0 Å². The number of hydrogen-bond acceptors (Lipinski definition) is 3. The summed E-state index contributed by atoms with van der Waals surface area (Å²) in [5.74, 6) is -0.889. The molecule has 3 nitrogen and oxygen atoms in total. The molecule has 5 heteroatoms. The third-order valence-electron chi connectivity index (χ3n) is 1.27. The zero-order valence-corrected chi connectivity index (χ0v) is 6.51. The minimum atomic E-state index is -0.889. The summed E-state index contributed by atoms with van der Waals surface area (Å²) < 4.78 is 12.8. The third-order valence-corrected chi connectivity index (χ3v) is 1.55. The molecule has 0 atom stereocenters. The molecule has 0 unspecified atom stereocenters. The molecule has 0 amide bonds. The van der Waals surface area contributed by atoms with Crippen LogP contribution in [-0.2, 0) is 0 Å². The maximum absolute atomic E-state index is 12.8. The molecule has 12 heavy (non-hydrogen) atoms. The van der Waals surface area contributed by atoms with Gasteiger partial charge in [-0.05, 0) is 17.3 Å². The van der Waals surface area contributed by atoms with Crippen LogP contribution in [0.3, 0.4) is 0 Å². The van der Waals surface area contributed by atoms with Gasteiger partial charge in [-0.15, -0.1) is 4.91 Å². The van der Waals surface area contributed by atoms with Crippen molar-refractivity contribution >= 4 is 23.6 Å². The first-order valence-electron chi connectivity index (χ1n) is 2.96. The Balaban J connectivity index is 3.36. The Labute approximate surface area is 72.1 Å². The number of halogens is 2. The lowest BCUT2D eigenvalue weighted by Crippen LogP contribution is -1.84. The minimum Gasteiger partial charge on any atom is -0.298 e. The van der Waals surface area contributed by atoms with Crippen LogP contribution in [0.2, 0.25) is 5.02 Å². The van der Waals surface area contributed by atoms with Crippen LogP contribution in [0.1, 0.15) is 10.4 Å². The van der Waals surface area contributed by atoms with E-state index in [-0.39, 0.29) is 10.6 Å². The van der Waals surface area contributed by atoms with E-state index in [1.807, 2.05) is 0 Å². The zero-order chi connectivity index (χ0) is 9.14. The summed E-state index contributed by atoms with van der Waals surface area (Å²) >= 11 is 5.42. The molecule has 0 heterocycles. The predicted octanol–water partition coefficient (Wildman–Crippen LogP) is 2.69. The molecular weight excluding hydrogens is 185 g/mol. The number of nitrogens with zero attached hydrogens (tertiary/aromatic N) is 1. The lowest BCUT2D eigenvalue weighted by atomic mass is 10.2. The number of benzene rings is 1. The fraction of sp³-hybridized carbons (Fsp3) is 0. The predicted molar refractivity (Wildman–Crippen MR) is 42.3 cm³/mol. The average Bonchev–Trinajstić information content (AvgIpc) is 2.03. The van der Waals surface area contributed by atoms with Crippen molar-refractivity contribution in [3.05, 3.63) is 33.4 Å². The number of carbonyl (C=O) groups excluding carboxylic acids is 1. The van der Waals surface area contributed by atoms with Crippen LogP contribution in [0.15, 0.2) is 17.3 Å². The molecule has 62 valence electrons. The molecule has 0 aliphatic heterocycles. The highest BCUT2D eigenvalue weighted by Crippen LogP contribution is 2.28. The van der Waals surface area contributed by atoms with Gasteiger partial charge in [-0.3, -0.25) is 4.79 Å². The summed E-state index contributed by atoms with van der Waals surface area (Å²) in [5.41, 5.74) is -0.396. The van der Waals surface area contributed by atoms with Gasteiger partial charge in [-0.1, -0.05) is 11.6 Å². The van der Waals surface area contributed by atoms with Crippen molar-refractivity contribution in [1.29, 1.82) is 0 Å². The fourth-order valence-electron chi connectivity index (χ4n) is 0.740. The monoisotopic (exact) mass is 187 g/mol. The Morgan fingerprint density at radius 3 is 2.58 bits per heavy atom. The van der Waals surface area contributed by atoms with Gasteiger partial charge in [0.2, 0.25) is 0 Å². The lowest BCUT2D eigenvalue weighted by Gasteiger charge is -1.96. The molecule has 1 aromatic carbocycles. The fourth-order valence-corrected chi connectivity index (χ4v) is 0.991. The average molecular weight is 188 g/mol. The van der Waals surface area contributed by atoms with Crippen molar-refractivity contribution in [2.24, 2.45) is 5.18 Å². The van der Waals surface area contributed by atoms with E-state index in [4.69, 9.17) is 11.6 Å². The highest BCUT2D eigenvalue weighted by molar-refractivity contribution is 6.33. The van der Waals surface area contributed by atoms with E-state index in [2.05, 4.69) is 5.18 Å². The molecule has 0 saturated heterocycles. The largest absolute Gasteiger partial charge is 0.298 e. The number of nitroso groups, excluding NO2 is 1. The summed E-state index contributed by atoms with van der Waals surface area (Å²) in [4.78, 5) is 20.2. The standard InChI is InChI=1S/C7H3ClFNO2/c8-5-1-4(3-11)2-6(9)7(5)10-12/h1-3H. The first-order chi connectivity index (χ1) is 5.69. The van der Waals surface area contributed by atoms with Gasteiger partial charge < -0.3 is 0 Å². The van der Waals surface area contributed by atoms with Gasteiger partial charge in [0.15, 0.2) is 11.5 Å². The van der Waals surface area contributed by atoms with Gasteiger partial charge in [0.1, 0.15) is 6.29 Å². The summed E-state index contributed by atoms with van der Waals surface area (Å²) in [6.45, 7) is 0. The highest BCUT2D eigenvalue weighted by Gasteiger charge is 2.09. The smallest absolute Gasteiger partial charge is 0.162 e. The first-order valence-corrected chi connectivity index (χ1v) is 3.34. The number of carbonyl (C=O) groups is 1. The van der Waals surface area contributed by atoms with Crippen molar-refractivity contribution in [3.8, 4) is 0 Å². The lowest BCUT2D eigenvalue weighted by molar-refractivity contribution is 0.112. The Bertz CT molecular complexity index is 317. The molecule has 0 N–H and O–H groups in total. The van der Waals surface area contributed by atoms with Gasteiger partial charge in [-0.25, -0.2) is 4.39 Å². The molecule has 0 radical (unpaired) electrons. The van der Waals surface area contributed by atoms with Gasteiger partial charge in [-0.2, -0.15) is 0 Å². The van der Waals surface area contributed by atoms with Crippen LogP contribution >= 0.6 is 11.6 Å². The molecule has 1 rings (SSSR count). The summed E-state index contributed by atoms with van der Waals surface area (Å²) in [6, 6.07) is 2.07. The molecule has 0 bridgehead atoms. The van der Waals surface area contributed by atoms with E-state index in [0.29, 0.717) is 6.29 Å². The zero-order valence-electron chi connectivity index (χ0n) is 5.75. The van der Waals surface area contributed by atoms with Crippen LogP contribution in [0.4, 0.5) is 10.1 Å². The van der Waals surface area contributed by atoms with Crippen LogP contribution in [-0.4, -0.2) is 6.29 Å². The molecule has 0 fully saturated rings. The SMILES string of the molecule is O=Cc1cc(F)c(N=O)c(Cl)c1. The van der Waals surface area contributed by atoms with E-state index in [9.17, 15) is 14.1 Å². The van der Waals surface area contributed by atoms with Gasteiger partial charge in [0.25, 0.3) is 0 Å². The number of aldehydes is 1. The van der Waals surface area contributed by atoms with Gasteiger partial charge in [0, 0.05) is 5.56 Å². The second kappa shape index (κ2) is 3.40. The number of hydrogen-bond donors (Lipinski definition) is 0. The Kier molecular flexibility index (Phi) is 2.50. The molecule has 0 aliphatic rings. The van der Waals surface area contributed by atoms with E-state index in [1.165, 1.54) is 6.07 Å². The molecule has 0 aliphatic carbocycles. The Morgan fingerprint density at radius 1 is 1.50 bits per heavy atom. The van der Waals surface area contributed by atoms with Crippen LogP contribution in [0, 0.1) is 10.7 Å². The van der Waals surface area contributed by atoms with E-state index >= 15 is 0 Å². The van der Waals surface area contributed by atoms with E-state index < -0.39 is 11.5 Å². The summed E-state index contributed by atoms with van der Waals surface area (Å²) in [5, 5.41) is 2.21. The topological polar surface area (TPSA) is 46.5 Å². The normalized spacial score (nSPS) is 9.50. The maximum Gasteiger partial charge on any atom is 0.162 e. The summed E-state index contributed by atoms with van der Waals surface area (Å²) in [7, 11) is 0. The van der Waals surface area contributed by atoms with Crippen molar-refractivity contribution < 1.29 is 9.18 Å². The minimum absolute atomic E-state index is 0.0740. The summed E-state index contributed by atoms with van der Waals surface area (Å²) in [6.07, 6.45) is 0.434. The quantitative estimate of drug-likeness (QED) is 0.528. The Hall–Kier alpha value is -1.29. The van der Waals surface area contributed by atoms with Crippen molar-refractivity contribution in [2.75, 3.05) is 0 Å². The van der Waals surface area contributed by atoms with E-state index in [1.54, 1.807) is 0 Å². The van der Waals surface area contributed by atoms with E-state index in [0.717, 1.165) is 6.07 Å². The third kappa shape index (κ3) is 1.48. The van der Waals surface area contributed by atoms with Gasteiger partial charge in [0.05, 0.1) is 5.02 Å². The molecule has 0 aromatic heterocycles. The van der Waals surface area contributed by atoms with Crippen LogP contribution in [0.5, 0.6) is 0 Å². The molecule has 0 saturated carbocycles. The number of rotatable bonds is 2. The Morgan fingerprint density at radius 2 is 2.17 bits per heavy atom. The molecular formula is C7H3ClFNO2. The van der Waals surface area contributed by atoms with Crippen molar-refractivity contribution in [2.45, 2.75) is 0 Å². The van der Waals surface area contributed by atoms with Crippen molar-refractivity contribution in [3.63, 3.8) is 0 Å². The second-order valence-corrected chi connectivity index (χ2v) is 2.45. The van der Waals surface area contributed by atoms with Crippen LogP contribution < -0.4 is 0 Å². The molecule has 1 aromatic rings.